The highest BCUT2D eigenvalue weighted by molar-refractivity contribution is 9.11. The van der Waals surface area contributed by atoms with Crippen LogP contribution < -0.4 is 9.47 Å². The number of furan rings is 1. The molecule has 34 heavy (non-hydrogen) atoms. The average Bonchev–Trinajstić information content (AvgIpc) is 3.20. The van der Waals surface area contributed by atoms with Crippen LogP contribution in [0.5, 0.6) is 11.5 Å². The van der Waals surface area contributed by atoms with Crippen molar-refractivity contribution in [2.75, 3.05) is 6.61 Å². The van der Waals surface area contributed by atoms with Gasteiger partial charge in [0, 0.05) is 17.4 Å². The van der Waals surface area contributed by atoms with Crippen molar-refractivity contribution in [3.8, 4) is 11.5 Å². The van der Waals surface area contributed by atoms with Crippen molar-refractivity contribution in [3.63, 3.8) is 0 Å². The van der Waals surface area contributed by atoms with Crippen molar-refractivity contribution in [2.45, 2.75) is 20.0 Å². The first kappa shape index (κ1) is 24.0. The topological polar surface area (TPSA) is 86.0 Å². The number of carboxylic acids is 1. The zero-order valence-electron chi connectivity index (χ0n) is 18.1. The zero-order chi connectivity index (χ0) is 24.2. The maximum atomic E-state index is 13.4. The molecule has 0 amide bonds. The number of ketones is 1. The zero-order valence-corrected chi connectivity index (χ0v) is 21.3. The Morgan fingerprint density at radius 1 is 0.971 bits per heavy atom. The Bertz CT molecular complexity index is 1350. The molecule has 0 aliphatic carbocycles. The van der Waals surface area contributed by atoms with E-state index in [9.17, 15) is 9.59 Å². The first-order valence-electron chi connectivity index (χ1n) is 10.5. The smallest absolute Gasteiger partial charge is 0.341 e. The van der Waals surface area contributed by atoms with Gasteiger partial charge in [-0.25, -0.2) is 4.79 Å². The molecule has 6 nitrogen and oxygen atoms in total. The van der Waals surface area contributed by atoms with Crippen LogP contribution in [0.1, 0.15) is 34.2 Å². The molecule has 4 aromatic rings. The Balaban J connectivity index is 1.56. The summed E-state index contributed by atoms with van der Waals surface area (Å²) in [4.78, 5) is 24.1. The largest absolute Gasteiger partial charge is 0.487 e. The Labute approximate surface area is 212 Å². The molecule has 4 rings (SSSR count). The van der Waals surface area contributed by atoms with Gasteiger partial charge in [0.2, 0.25) is 0 Å². The maximum absolute atomic E-state index is 13.4. The molecule has 0 spiro atoms. The summed E-state index contributed by atoms with van der Waals surface area (Å²) in [5.41, 5.74) is 2.56. The molecule has 0 radical (unpaired) electrons. The van der Waals surface area contributed by atoms with Crippen LogP contribution in [0.3, 0.4) is 0 Å². The summed E-state index contributed by atoms with van der Waals surface area (Å²) >= 11 is 7.05. The lowest BCUT2D eigenvalue weighted by Gasteiger charge is -2.13. The Morgan fingerprint density at radius 2 is 1.71 bits per heavy atom. The van der Waals surface area contributed by atoms with E-state index < -0.39 is 12.6 Å². The van der Waals surface area contributed by atoms with Crippen LogP contribution in [-0.2, 0) is 17.8 Å². The number of rotatable bonds is 9. The molecule has 0 atom stereocenters. The summed E-state index contributed by atoms with van der Waals surface area (Å²) < 4.78 is 18.3. The van der Waals surface area contributed by atoms with E-state index in [-0.39, 0.29) is 12.4 Å². The van der Waals surface area contributed by atoms with E-state index in [1.54, 1.807) is 30.3 Å². The van der Waals surface area contributed by atoms with Crippen molar-refractivity contribution < 1.29 is 28.6 Å². The quantitative estimate of drug-likeness (QED) is 0.217. The van der Waals surface area contributed by atoms with Crippen LogP contribution in [0.25, 0.3) is 11.0 Å². The normalized spacial score (nSPS) is 10.9. The molecule has 0 aliphatic rings. The van der Waals surface area contributed by atoms with Crippen LogP contribution in [0.2, 0.25) is 0 Å². The lowest BCUT2D eigenvalue weighted by molar-refractivity contribution is -0.139. The van der Waals surface area contributed by atoms with Gasteiger partial charge < -0.3 is 19.0 Å². The number of ether oxygens (including phenoxy) is 2. The van der Waals surface area contributed by atoms with Gasteiger partial charge in [-0.2, -0.15) is 0 Å². The second kappa shape index (κ2) is 10.4. The second-order valence-corrected chi connectivity index (χ2v) is 9.18. The number of para-hydroxylation sites is 1. The van der Waals surface area contributed by atoms with Gasteiger partial charge in [-0.3, -0.25) is 4.79 Å². The molecule has 0 aliphatic heterocycles. The third kappa shape index (κ3) is 5.18. The summed E-state index contributed by atoms with van der Waals surface area (Å²) in [5.74, 6) is 0.475. The molecular formula is C26H20Br2O6. The molecule has 1 aromatic heterocycles. The summed E-state index contributed by atoms with van der Waals surface area (Å²) in [6.45, 7) is 1.77. The highest BCUT2D eigenvalue weighted by Crippen LogP contribution is 2.37. The number of aryl methyl sites for hydroxylation is 1. The Morgan fingerprint density at radius 3 is 2.41 bits per heavy atom. The molecule has 0 unspecified atom stereocenters. The molecule has 3 aromatic carbocycles. The number of benzene rings is 3. The highest BCUT2D eigenvalue weighted by atomic mass is 79.9. The number of aliphatic carboxylic acids is 1. The molecule has 0 fully saturated rings. The number of carbonyl (C=O) groups is 2. The van der Waals surface area contributed by atoms with Crippen molar-refractivity contribution in [1.29, 1.82) is 0 Å². The third-order valence-corrected chi connectivity index (χ3v) is 6.30. The molecule has 1 heterocycles. The number of fused-ring (bicyclic) bond motifs is 1. The summed E-state index contributed by atoms with van der Waals surface area (Å²) in [6, 6.07) is 18.0. The van der Waals surface area contributed by atoms with Gasteiger partial charge in [0.15, 0.2) is 12.4 Å². The summed E-state index contributed by atoms with van der Waals surface area (Å²) in [6.07, 6.45) is 0.606. The van der Waals surface area contributed by atoms with E-state index in [4.69, 9.17) is 19.0 Å². The lowest BCUT2D eigenvalue weighted by Crippen LogP contribution is -2.09. The molecular weight excluding hydrogens is 568 g/mol. The number of halogens is 2. The second-order valence-electron chi connectivity index (χ2n) is 7.47. The first-order valence-corrected chi connectivity index (χ1v) is 12.1. The van der Waals surface area contributed by atoms with E-state index in [2.05, 4.69) is 31.9 Å². The highest BCUT2D eigenvalue weighted by Gasteiger charge is 2.23. The van der Waals surface area contributed by atoms with Gasteiger partial charge in [0.1, 0.15) is 29.4 Å². The monoisotopic (exact) mass is 586 g/mol. The molecule has 0 saturated carbocycles. The maximum Gasteiger partial charge on any atom is 0.341 e. The Kier molecular flexibility index (Phi) is 7.38. The fourth-order valence-electron chi connectivity index (χ4n) is 3.59. The van der Waals surface area contributed by atoms with E-state index in [0.29, 0.717) is 49.3 Å². The minimum Gasteiger partial charge on any atom is -0.487 e. The van der Waals surface area contributed by atoms with E-state index in [1.165, 1.54) is 0 Å². The summed E-state index contributed by atoms with van der Waals surface area (Å²) in [7, 11) is 0. The van der Waals surface area contributed by atoms with Crippen molar-refractivity contribution in [3.05, 3.63) is 92.1 Å². The van der Waals surface area contributed by atoms with Gasteiger partial charge >= 0.3 is 5.97 Å². The molecule has 0 bridgehead atoms. The van der Waals surface area contributed by atoms with Gasteiger partial charge in [-0.15, -0.1) is 0 Å². The third-order valence-electron chi connectivity index (χ3n) is 5.12. The molecule has 174 valence electrons. The van der Waals surface area contributed by atoms with Gasteiger partial charge in [-0.1, -0.05) is 37.3 Å². The SMILES string of the molecule is CCc1oc2ccccc2c1C(=O)c1cc(Br)c(OCc2cccc(OCC(=O)O)c2)c(Br)c1. The first-order chi connectivity index (χ1) is 16.4. The van der Waals surface area contributed by atoms with Gasteiger partial charge in [-0.05, 0) is 67.8 Å². The standard InChI is InChI=1S/C26H20Br2O6/c1-2-21-24(18-8-3-4-9-22(18)34-21)25(31)16-11-19(27)26(20(28)12-16)33-13-15-6-5-7-17(10-15)32-14-23(29)30/h3-12H,2,13-14H2,1H3,(H,29,30). The predicted molar refractivity (Wildman–Crippen MR) is 135 cm³/mol. The minimum absolute atomic E-state index is 0.127. The average molecular weight is 588 g/mol. The van der Waals surface area contributed by atoms with Crippen molar-refractivity contribution in [2.24, 2.45) is 0 Å². The lowest BCUT2D eigenvalue weighted by atomic mass is 9.99. The van der Waals surface area contributed by atoms with E-state index in [0.717, 1.165) is 10.9 Å². The minimum atomic E-state index is -1.04. The Hall–Kier alpha value is -3.10. The number of hydrogen-bond donors (Lipinski definition) is 1. The fourth-order valence-corrected chi connectivity index (χ4v) is 5.01. The van der Waals surface area contributed by atoms with Crippen LogP contribution in [0, 0.1) is 0 Å². The van der Waals surface area contributed by atoms with E-state index >= 15 is 0 Å². The van der Waals surface area contributed by atoms with Gasteiger partial charge in [0.05, 0.1) is 14.5 Å². The van der Waals surface area contributed by atoms with E-state index in [1.807, 2.05) is 37.3 Å². The fraction of sp³-hybridized carbons (Fsp3) is 0.154. The predicted octanol–water partition coefficient (Wildman–Crippen LogP) is 6.79. The summed E-state index contributed by atoms with van der Waals surface area (Å²) in [5, 5.41) is 9.56. The molecule has 0 saturated heterocycles. The number of carbonyl (C=O) groups excluding carboxylic acids is 1. The van der Waals surface area contributed by atoms with Crippen molar-refractivity contribution in [1.82, 2.24) is 0 Å². The van der Waals surface area contributed by atoms with Crippen LogP contribution in [0.15, 0.2) is 74.0 Å². The van der Waals surface area contributed by atoms with Crippen LogP contribution >= 0.6 is 31.9 Å². The molecule has 1 N–H and O–H groups in total. The number of hydrogen-bond acceptors (Lipinski definition) is 5. The van der Waals surface area contributed by atoms with Crippen molar-refractivity contribution >= 4 is 54.6 Å². The van der Waals surface area contributed by atoms with Gasteiger partial charge in [0.25, 0.3) is 0 Å². The molecule has 8 heteroatoms. The number of carboxylic acid groups (broad SMARTS) is 1. The van der Waals surface area contributed by atoms with Crippen LogP contribution in [-0.4, -0.2) is 23.5 Å². The van der Waals surface area contributed by atoms with Crippen LogP contribution in [0.4, 0.5) is 0 Å².